The molecule has 0 aromatic heterocycles. The number of nitro groups is 1. The van der Waals surface area contributed by atoms with Crippen molar-refractivity contribution in [3.63, 3.8) is 0 Å². The maximum absolute atomic E-state index is 10.8. The van der Waals surface area contributed by atoms with Crippen molar-refractivity contribution in [2.45, 2.75) is 46.5 Å². The van der Waals surface area contributed by atoms with Gasteiger partial charge in [-0.15, -0.1) is 0 Å². The van der Waals surface area contributed by atoms with Gasteiger partial charge in [-0.05, 0) is 30.8 Å². The fraction of sp³-hybridized carbons (Fsp3) is 0.833. The fourth-order valence-corrected chi connectivity index (χ4v) is 2.16. The van der Waals surface area contributed by atoms with Crippen LogP contribution >= 0.6 is 0 Å². The fourth-order valence-electron chi connectivity index (χ4n) is 2.16. The van der Waals surface area contributed by atoms with E-state index in [4.69, 9.17) is 0 Å². The highest BCUT2D eigenvalue weighted by molar-refractivity contribution is 4.99. The van der Waals surface area contributed by atoms with Crippen molar-refractivity contribution in [2.75, 3.05) is 0 Å². The zero-order valence-electron chi connectivity index (χ0n) is 9.90. The topological polar surface area (TPSA) is 43.1 Å². The molecule has 1 aliphatic rings. The van der Waals surface area contributed by atoms with Crippen molar-refractivity contribution in [1.29, 1.82) is 0 Å². The van der Waals surface area contributed by atoms with E-state index in [0.29, 0.717) is 11.6 Å². The highest BCUT2D eigenvalue weighted by Crippen LogP contribution is 2.30. The van der Waals surface area contributed by atoms with Gasteiger partial charge in [0.2, 0.25) is 5.70 Å². The summed E-state index contributed by atoms with van der Waals surface area (Å²) >= 11 is 0. The smallest absolute Gasteiger partial charge is 0.245 e. The lowest BCUT2D eigenvalue weighted by molar-refractivity contribution is -0.433. The molecule has 1 aliphatic carbocycles. The predicted octanol–water partition coefficient (Wildman–Crippen LogP) is 3.63. The van der Waals surface area contributed by atoms with Crippen LogP contribution in [0.2, 0.25) is 0 Å². The molecular formula is C12H21NO2. The van der Waals surface area contributed by atoms with Crippen LogP contribution in [0.1, 0.15) is 46.5 Å². The Kier molecular flexibility index (Phi) is 4.30. The molecule has 0 unspecified atom stereocenters. The molecule has 1 saturated carbocycles. The molecule has 1 rings (SSSR count). The summed E-state index contributed by atoms with van der Waals surface area (Å²) in [5.74, 6) is 1.26. The van der Waals surface area contributed by atoms with Gasteiger partial charge < -0.3 is 0 Å². The van der Waals surface area contributed by atoms with E-state index in [1.807, 2.05) is 19.9 Å². The Balaban J connectivity index is 2.63. The van der Waals surface area contributed by atoms with Crippen LogP contribution < -0.4 is 0 Å². The molecule has 0 amide bonds. The normalized spacial score (nSPS) is 28.1. The molecule has 0 saturated heterocycles. The van der Waals surface area contributed by atoms with Crippen LogP contribution in [0, 0.1) is 27.9 Å². The number of hydrogen-bond acceptors (Lipinski definition) is 2. The first kappa shape index (κ1) is 12.2. The monoisotopic (exact) mass is 211 g/mol. The van der Waals surface area contributed by atoms with Crippen molar-refractivity contribution < 1.29 is 4.92 Å². The van der Waals surface area contributed by atoms with Crippen LogP contribution in [0.3, 0.4) is 0 Å². The standard InChI is InChI=1S/C12H21NO2/c1-9(2)12(13(14)15)8-11-6-4-10(3)5-7-11/h8-11H,4-7H2,1-3H3. The summed E-state index contributed by atoms with van der Waals surface area (Å²) in [6, 6.07) is 0. The summed E-state index contributed by atoms with van der Waals surface area (Å²) in [4.78, 5) is 10.6. The van der Waals surface area contributed by atoms with Gasteiger partial charge in [-0.25, -0.2) is 0 Å². The Hall–Kier alpha value is -0.860. The highest BCUT2D eigenvalue weighted by atomic mass is 16.6. The van der Waals surface area contributed by atoms with Crippen LogP contribution in [-0.2, 0) is 0 Å². The third kappa shape index (κ3) is 3.65. The molecule has 0 aromatic rings. The van der Waals surface area contributed by atoms with Crippen molar-refractivity contribution in [2.24, 2.45) is 17.8 Å². The van der Waals surface area contributed by atoms with E-state index < -0.39 is 0 Å². The largest absolute Gasteiger partial charge is 0.259 e. The van der Waals surface area contributed by atoms with E-state index in [1.54, 1.807) is 0 Å². The second kappa shape index (κ2) is 5.29. The highest BCUT2D eigenvalue weighted by Gasteiger charge is 2.22. The molecule has 0 aliphatic heterocycles. The maximum atomic E-state index is 10.8. The van der Waals surface area contributed by atoms with Gasteiger partial charge in [-0.1, -0.05) is 33.6 Å². The number of nitrogens with zero attached hydrogens (tertiary/aromatic N) is 1. The minimum absolute atomic E-state index is 0.0272. The maximum Gasteiger partial charge on any atom is 0.245 e. The molecule has 0 atom stereocenters. The molecule has 3 heteroatoms. The lowest BCUT2D eigenvalue weighted by atomic mass is 9.82. The summed E-state index contributed by atoms with van der Waals surface area (Å²) in [5.41, 5.74) is 0.398. The van der Waals surface area contributed by atoms with Gasteiger partial charge in [0.25, 0.3) is 0 Å². The molecule has 1 fully saturated rings. The average Bonchev–Trinajstić information content (AvgIpc) is 2.15. The lowest BCUT2D eigenvalue weighted by Gasteiger charge is -2.23. The van der Waals surface area contributed by atoms with E-state index in [9.17, 15) is 10.1 Å². The zero-order chi connectivity index (χ0) is 11.4. The number of allylic oxidation sites excluding steroid dienone is 2. The summed E-state index contributed by atoms with van der Waals surface area (Å²) in [7, 11) is 0. The minimum Gasteiger partial charge on any atom is -0.259 e. The Morgan fingerprint density at radius 2 is 1.87 bits per heavy atom. The van der Waals surface area contributed by atoms with Gasteiger partial charge in [-0.3, -0.25) is 10.1 Å². The van der Waals surface area contributed by atoms with E-state index in [-0.39, 0.29) is 10.8 Å². The van der Waals surface area contributed by atoms with E-state index >= 15 is 0 Å². The quantitative estimate of drug-likeness (QED) is 0.528. The summed E-state index contributed by atoms with van der Waals surface area (Å²) in [6.07, 6.45) is 6.56. The first-order valence-corrected chi connectivity index (χ1v) is 5.86. The zero-order valence-corrected chi connectivity index (χ0v) is 9.90. The van der Waals surface area contributed by atoms with Gasteiger partial charge in [-0.2, -0.15) is 0 Å². The molecule has 0 bridgehead atoms. The second-order valence-electron chi connectivity index (χ2n) is 5.02. The van der Waals surface area contributed by atoms with Crippen molar-refractivity contribution in [3.05, 3.63) is 21.9 Å². The number of hydrogen-bond donors (Lipinski definition) is 0. The molecule has 0 spiro atoms. The van der Waals surface area contributed by atoms with Crippen molar-refractivity contribution >= 4 is 0 Å². The van der Waals surface area contributed by atoms with Crippen LogP contribution in [0.25, 0.3) is 0 Å². The summed E-state index contributed by atoms with van der Waals surface area (Å²) in [6.45, 7) is 6.04. The number of rotatable bonds is 3. The van der Waals surface area contributed by atoms with E-state index in [2.05, 4.69) is 6.92 Å². The second-order valence-corrected chi connectivity index (χ2v) is 5.02. The SMILES string of the molecule is CC1CCC(C=C(C(C)C)[N+](=O)[O-])CC1. The van der Waals surface area contributed by atoms with Gasteiger partial charge >= 0.3 is 0 Å². The average molecular weight is 211 g/mol. The van der Waals surface area contributed by atoms with E-state index in [1.165, 1.54) is 12.8 Å². The molecule has 0 aromatic carbocycles. The van der Waals surface area contributed by atoms with Crippen LogP contribution in [0.4, 0.5) is 0 Å². The predicted molar refractivity (Wildman–Crippen MR) is 61.0 cm³/mol. The molecule has 0 heterocycles. The van der Waals surface area contributed by atoms with Gasteiger partial charge in [0.1, 0.15) is 0 Å². The molecule has 0 N–H and O–H groups in total. The lowest BCUT2D eigenvalue weighted by Crippen LogP contribution is -2.14. The Morgan fingerprint density at radius 1 is 1.33 bits per heavy atom. The van der Waals surface area contributed by atoms with Crippen LogP contribution in [0.15, 0.2) is 11.8 Å². The summed E-state index contributed by atoms with van der Waals surface area (Å²) < 4.78 is 0. The first-order chi connectivity index (χ1) is 7.00. The van der Waals surface area contributed by atoms with Crippen LogP contribution in [-0.4, -0.2) is 4.92 Å². The van der Waals surface area contributed by atoms with Gasteiger partial charge in [0.05, 0.1) is 4.92 Å². The molecule has 3 nitrogen and oxygen atoms in total. The third-order valence-electron chi connectivity index (χ3n) is 3.27. The molecular weight excluding hydrogens is 190 g/mol. The Labute approximate surface area is 91.7 Å². The van der Waals surface area contributed by atoms with E-state index in [0.717, 1.165) is 18.8 Å². The Morgan fingerprint density at radius 3 is 2.27 bits per heavy atom. The van der Waals surface area contributed by atoms with Gasteiger partial charge in [0, 0.05) is 5.92 Å². The van der Waals surface area contributed by atoms with Crippen LogP contribution in [0.5, 0.6) is 0 Å². The molecule has 15 heavy (non-hydrogen) atoms. The minimum atomic E-state index is -0.220. The Bertz CT molecular complexity index is 250. The molecule has 86 valence electrons. The van der Waals surface area contributed by atoms with Crippen molar-refractivity contribution in [3.8, 4) is 0 Å². The van der Waals surface area contributed by atoms with Crippen molar-refractivity contribution in [1.82, 2.24) is 0 Å². The first-order valence-electron chi connectivity index (χ1n) is 5.86. The third-order valence-corrected chi connectivity index (χ3v) is 3.27. The van der Waals surface area contributed by atoms with Gasteiger partial charge in [0.15, 0.2) is 0 Å². The summed E-state index contributed by atoms with van der Waals surface area (Å²) in [5, 5.41) is 10.8. The molecule has 0 radical (unpaired) electrons.